The number of nitrogens with zero attached hydrogens (tertiary/aromatic N) is 4. The van der Waals surface area contributed by atoms with Crippen LogP contribution in [-0.4, -0.2) is 57.4 Å². The SMILES string of the molecule is Cc1ccc(Cn2nc(C(=O)NCCCNC(=O)c3nn(Cc4ccc(C)cc4)c4c3Cc3ccc(S(=O)(=O)O)cc3-4)c3c2-c2ccccc2C3)cc1. The summed E-state index contributed by atoms with van der Waals surface area (Å²) < 4.78 is 37.3. The van der Waals surface area contributed by atoms with E-state index in [4.69, 9.17) is 10.2 Å². The number of fused-ring (bicyclic) bond motifs is 6. The van der Waals surface area contributed by atoms with Gasteiger partial charge in [0, 0.05) is 48.2 Å². The molecule has 0 atom stereocenters. The summed E-state index contributed by atoms with van der Waals surface area (Å²) in [5.41, 5.74) is 12.0. The maximum absolute atomic E-state index is 13.6. The molecule has 0 spiro atoms. The molecule has 2 aliphatic carbocycles. The van der Waals surface area contributed by atoms with Crippen LogP contribution in [0.5, 0.6) is 0 Å². The molecule has 2 amide bonds. The lowest BCUT2D eigenvalue weighted by molar-refractivity contribution is 0.0945. The number of aryl methyl sites for hydroxylation is 2. The maximum Gasteiger partial charge on any atom is 0.294 e. The van der Waals surface area contributed by atoms with Crippen molar-refractivity contribution in [1.29, 1.82) is 0 Å². The van der Waals surface area contributed by atoms with Crippen LogP contribution in [-0.2, 0) is 36.0 Å². The van der Waals surface area contributed by atoms with Gasteiger partial charge in [-0.3, -0.25) is 23.5 Å². The van der Waals surface area contributed by atoms with Gasteiger partial charge in [-0.15, -0.1) is 0 Å². The average molecular weight is 727 g/mol. The first-order chi connectivity index (χ1) is 25.5. The van der Waals surface area contributed by atoms with E-state index >= 15 is 0 Å². The predicted molar refractivity (Wildman–Crippen MR) is 201 cm³/mol. The molecule has 0 aliphatic heterocycles. The molecule has 11 nitrogen and oxygen atoms in total. The number of hydrogen-bond acceptors (Lipinski definition) is 6. The van der Waals surface area contributed by atoms with E-state index in [1.165, 1.54) is 23.3 Å². The van der Waals surface area contributed by atoms with Gasteiger partial charge in [-0.05, 0) is 54.7 Å². The monoisotopic (exact) mass is 726 g/mol. The first-order valence-electron chi connectivity index (χ1n) is 17.6. The molecule has 268 valence electrons. The number of carbonyl (C=O) groups is 2. The maximum atomic E-state index is 13.6. The van der Waals surface area contributed by atoms with Crippen LogP contribution < -0.4 is 10.6 Å². The fourth-order valence-electron chi connectivity index (χ4n) is 7.30. The van der Waals surface area contributed by atoms with Gasteiger partial charge < -0.3 is 10.6 Å². The van der Waals surface area contributed by atoms with Crippen LogP contribution in [0, 0.1) is 13.8 Å². The summed E-state index contributed by atoms with van der Waals surface area (Å²) in [4.78, 5) is 26.9. The Morgan fingerprint density at radius 3 is 1.70 bits per heavy atom. The van der Waals surface area contributed by atoms with Gasteiger partial charge in [0.2, 0.25) is 0 Å². The van der Waals surface area contributed by atoms with Gasteiger partial charge >= 0.3 is 0 Å². The molecule has 3 N–H and O–H groups in total. The van der Waals surface area contributed by atoms with Gasteiger partial charge in [0.15, 0.2) is 11.4 Å². The normalized spacial score (nSPS) is 12.6. The highest BCUT2D eigenvalue weighted by Crippen LogP contribution is 2.41. The third-order valence-electron chi connectivity index (χ3n) is 10.0. The largest absolute Gasteiger partial charge is 0.351 e. The molecule has 2 heterocycles. The van der Waals surface area contributed by atoms with Gasteiger partial charge in [0.1, 0.15) is 0 Å². The van der Waals surface area contributed by atoms with Crippen molar-refractivity contribution in [2.24, 2.45) is 0 Å². The Bertz CT molecular complexity index is 2520. The number of benzene rings is 4. The van der Waals surface area contributed by atoms with Crippen molar-refractivity contribution in [2.45, 2.75) is 51.1 Å². The number of carbonyl (C=O) groups excluding carboxylic acids is 2. The van der Waals surface area contributed by atoms with Crippen LogP contribution in [0.25, 0.3) is 22.5 Å². The Labute approximate surface area is 307 Å². The van der Waals surface area contributed by atoms with Crippen LogP contribution in [0.15, 0.2) is 95.9 Å². The van der Waals surface area contributed by atoms with Crippen LogP contribution >= 0.6 is 0 Å². The molecule has 4 aromatic carbocycles. The first kappa shape index (κ1) is 34.2. The molecule has 6 aromatic rings. The fourth-order valence-corrected chi connectivity index (χ4v) is 7.81. The third-order valence-corrected chi connectivity index (χ3v) is 10.9. The van der Waals surface area contributed by atoms with E-state index in [0.29, 0.717) is 68.0 Å². The van der Waals surface area contributed by atoms with Gasteiger partial charge in [0.05, 0.1) is 29.4 Å². The van der Waals surface area contributed by atoms with Crippen molar-refractivity contribution < 1.29 is 22.6 Å². The third kappa shape index (κ3) is 6.67. The summed E-state index contributed by atoms with van der Waals surface area (Å²) in [6, 6.07) is 29.0. The molecule has 8 rings (SSSR count). The molecule has 0 saturated carbocycles. The smallest absolute Gasteiger partial charge is 0.294 e. The van der Waals surface area contributed by atoms with E-state index in [1.807, 2.05) is 48.0 Å². The average Bonchev–Trinajstić information content (AvgIpc) is 3.89. The zero-order valence-electron chi connectivity index (χ0n) is 29.4. The molecule has 0 fully saturated rings. The van der Waals surface area contributed by atoms with E-state index in [-0.39, 0.29) is 22.4 Å². The van der Waals surface area contributed by atoms with E-state index < -0.39 is 10.1 Å². The zero-order chi connectivity index (χ0) is 36.9. The molecule has 53 heavy (non-hydrogen) atoms. The quantitative estimate of drug-likeness (QED) is 0.114. The predicted octanol–water partition coefficient (Wildman–Crippen LogP) is 5.73. The Hall–Kier alpha value is -5.85. The molecule has 0 bridgehead atoms. The second-order valence-corrected chi connectivity index (χ2v) is 15.2. The lowest BCUT2D eigenvalue weighted by Gasteiger charge is -2.09. The van der Waals surface area contributed by atoms with E-state index in [0.717, 1.165) is 39.1 Å². The van der Waals surface area contributed by atoms with Crippen molar-refractivity contribution in [1.82, 2.24) is 30.2 Å². The number of rotatable bonds is 11. The molecular weight excluding hydrogens is 689 g/mol. The van der Waals surface area contributed by atoms with Crippen molar-refractivity contribution >= 4 is 21.9 Å². The van der Waals surface area contributed by atoms with Crippen LogP contribution in [0.1, 0.15) is 71.9 Å². The molecule has 0 saturated heterocycles. The fraction of sp³-hybridized carbons (Fsp3) is 0.220. The van der Waals surface area contributed by atoms with Crippen molar-refractivity contribution in [3.8, 4) is 22.5 Å². The summed E-state index contributed by atoms with van der Waals surface area (Å²) in [5, 5.41) is 15.5. The molecule has 12 heteroatoms. The minimum Gasteiger partial charge on any atom is -0.351 e. The topological polar surface area (TPSA) is 148 Å². The standard InChI is InChI=1S/C41H38N6O5S/c1-25-8-12-27(13-9-25)23-46-38-32-7-4-3-6-29(32)20-34(38)36(44-46)40(48)42-18-5-19-43-41(49)37-35-21-30-16-17-31(53(50,51)52)22-33(30)39(35)47(45-37)24-28-14-10-26(2)11-15-28/h3-4,6-17,22H,5,18-21,23-24H2,1-2H3,(H,42,48)(H,43,49)(H,50,51,52). The Morgan fingerprint density at radius 1 is 0.679 bits per heavy atom. The molecule has 2 aliphatic rings. The number of aromatic nitrogens is 4. The number of amides is 2. The van der Waals surface area contributed by atoms with Crippen molar-refractivity contribution in [2.75, 3.05) is 13.1 Å². The lowest BCUT2D eigenvalue weighted by Crippen LogP contribution is -2.31. The summed E-state index contributed by atoms with van der Waals surface area (Å²) >= 11 is 0. The van der Waals surface area contributed by atoms with Crippen LogP contribution in [0.4, 0.5) is 0 Å². The summed E-state index contributed by atoms with van der Waals surface area (Å²) in [7, 11) is -4.43. The summed E-state index contributed by atoms with van der Waals surface area (Å²) in [6.07, 6.45) is 1.52. The van der Waals surface area contributed by atoms with Gasteiger partial charge in [-0.2, -0.15) is 18.6 Å². The second kappa shape index (κ2) is 13.6. The molecule has 0 radical (unpaired) electrons. The van der Waals surface area contributed by atoms with Crippen molar-refractivity contribution in [3.05, 3.63) is 147 Å². The van der Waals surface area contributed by atoms with E-state index in [2.05, 4.69) is 54.0 Å². The first-order valence-corrected chi connectivity index (χ1v) is 19.0. The van der Waals surface area contributed by atoms with Crippen LogP contribution in [0.2, 0.25) is 0 Å². The summed E-state index contributed by atoms with van der Waals surface area (Å²) in [5.74, 6) is -0.610. The number of hydrogen-bond donors (Lipinski definition) is 3. The minimum atomic E-state index is -4.43. The minimum absolute atomic E-state index is 0.215. The number of nitrogens with one attached hydrogen (secondary N) is 2. The highest BCUT2D eigenvalue weighted by Gasteiger charge is 2.32. The van der Waals surface area contributed by atoms with Crippen molar-refractivity contribution in [3.63, 3.8) is 0 Å². The van der Waals surface area contributed by atoms with E-state index in [1.54, 1.807) is 10.7 Å². The van der Waals surface area contributed by atoms with Gasteiger partial charge in [0.25, 0.3) is 21.9 Å². The summed E-state index contributed by atoms with van der Waals surface area (Å²) in [6.45, 7) is 5.60. The van der Waals surface area contributed by atoms with Gasteiger partial charge in [-0.1, -0.05) is 90.0 Å². The molecule has 2 aromatic heterocycles. The zero-order valence-corrected chi connectivity index (χ0v) is 30.2. The Morgan fingerprint density at radius 2 is 1.17 bits per heavy atom. The second-order valence-electron chi connectivity index (χ2n) is 13.8. The Balaban J connectivity index is 0.956. The van der Waals surface area contributed by atoms with E-state index in [9.17, 15) is 22.6 Å². The lowest BCUT2D eigenvalue weighted by atomic mass is 10.1. The molecular formula is C41H38N6O5S. The molecule has 0 unspecified atom stereocenters. The van der Waals surface area contributed by atoms with Crippen LogP contribution in [0.3, 0.4) is 0 Å². The highest BCUT2D eigenvalue weighted by atomic mass is 32.2. The van der Waals surface area contributed by atoms with Gasteiger partial charge in [-0.25, -0.2) is 0 Å². The highest BCUT2D eigenvalue weighted by molar-refractivity contribution is 7.85. The Kier molecular flexibility index (Phi) is 8.79.